The predicted octanol–water partition coefficient (Wildman–Crippen LogP) is 0.956. The summed E-state index contributed by atoms with van der Waals surface area (Å²) in [5, 5.41) is 48.6. The highest BCUT2D eigenvalue weighted by Gasteiger charge is 2.35. The Morgan fingerprint density at radius 2 is 1.15 bits per heavy atom. The summed E-state index contributed by atoms with van der Waals surface area (Å²) in [6.07, 6.45) is 0.207. The van der Waals surface area contributed by atoms with E-state index in [2.05, 4.69) is 49.8 Å². The van der Waals surface area contributed by atoms with Crippen LogP contribution in [0.2, 0.25) is 0 Å². The van der Waals surface area contributed by atoms with Crippen molar-refractivity contribution in [3.8, 4) is 11.5 Å². The Labute approximate surface area is 388 Å². The second-order valence-corrected chi connectivity index (χ2v) is 16.6. The highest BCUT2D eigenvalue weighted by Crippen LogP contribution is 2.17. The number of fused-ring (bicyclic) bond motifs is 24. The van der Waals surface area contributed by atoms with Gasteiger partial charge < -0.3 is 58.3 Å². The maximum atomic E-state index is 14.4. The third kappa shape index (κ3) is 16.4. The Balaban J connectivity index is 1.76. The number of phenols is 2. The number of aromatic hydroxyl groups is 2. The first-order chi connectivity index (χ1) is 31.5. The molecule has 3 aromatic carbocycles. The van der Waals surface area contributed by atoms with E-state index in [1.165, 1.54) is 48.5 Å². The van der Waals surface area contributed by atoms with Gasteiger partial charge in [-0.05, 0) is 84.8 Å². The lowest BCUT2D eigenvalue weighted by Crippen LogP contribution is -2.61. The molecule has 2 aliphatic rings. The van der Waals surface area contributed by atoms with E-state index < -0.39 is 89.5 Å². The highest BCUT2D eigenvalue weighted by atomic mass is 32.1. The van der Waals surface area contributed by atoms with Gasteiger partial charge in [0.05, 0.1) is 0 Å². The lowest BCUT2D eigenvalue weighted by Gasteiger charge is -2.29. The first kappa shape index (κ1) is 52.0. The summed E-state index contributed by atoms with van der Waals surface area (Å²) in [6.45, 7) is 3.77. The second kappa shape index (κ2) is 25.7. The summed E-state index contributed by atoms with van der Waals surface area (Å²) in [4.78, 5) is 109. The molecule has 7 amide bonds. The van der Waals surface area contributed by atoms with Gasteiger partial charge in [0.2, 0.25) is 41.4 Å². The first-order valence-corrected chi connectivity index (χ1v) is 22.4. The molecule has 1 unspecified atom stereocenters. The molecule has 2 heterocycles. The zero-order chi connectivity index (χ0) is 48.3. The van der Waals surface area contributed by atoms with Gasteiger partial charge in [0.15, 0.2) is 0 Å². The van der Waals surface area contributed by atoms with Crippen molar-refractivity contribution in [3.05, 3.63) is 89.5 Å². The quantitative estimate of drug-likeness (QED) is 0.0687. The van der Waals surface area contributed by atoms with Crippen LogP contribution in [0.25, 0.3) is 0 Å². The number of unbranched alkanes of at least 4 members (excludes halogenated alkanes) is 1. The number of hydrogen-bond donors (Lipinski definition) is 12. The predicted molar refractivity (Wildman–Crippen MR) is 247 cm³/mol. The summed E-state index contributed by atoms with van der Waals surface area (Å²) < 4.78 is 0. The van der Waals surface area contributed by atoms with E-state index in [0.29, 0.717) is 41.6 Å². The molecule has 356 valence electrons. The maximum Gasteiger partial charge on any atom is 0.326 e. The van der Waals surface area contributed by atoms with Gasteiger partial charge in [-0.25, -0.2) is 4.79 Å². The van der Waals surface area contributed by atoms with E-state index in [4.69, 9.17) is 5.73 Å². The molecule has 2 aliphatic heterocycles. The molecule has 20 heteroatoms. The molecular formula is C46H60N8O11S. The van der Waals surface area contributed by atoms with Gasteiger partial charge >= 0.3 is 5.97 Å². The fraction of sp³-hybridized carbons (Fsp3) is 0.435. The normalized spacial score (nSPS) is 22.6. The molecule has 19 nitrogen and oxygen atoms in total. The number of nitrogens with one attached hydrogen (secondary N) is 7. The Hall–Kier alpha value is -6.67. The van der Waals surface area contributed by atoms with E-state index in [0.717, 1.165) is 0 Å². The number of carboxylic acids is 1. The Kier molecular flexibility index (Phi) is 20.3. The minimum absolute atomic E-state index is 0.0405. The molecule has 0 fully saturated rings. The number of nitrogens with two attached hydrogens (primary N) is 1. The molecule has 66 heavy (non-hydrogen) atoms. The molecular weight excluding hydrogens is 873 g/mol. The molecule has 5 rings (SSSR count). The van der Waals surface area contributed by atoms with Crippen LogP contribution in [-0.2, 0) is 57.6 Å². The molecule has 2 bridgehead atoms. The van der Waals surface area contributed by atoms with Crippen LogP contribution >= 0.6 is 12.6 Å². The van der Waals surface area contributed by atoms with Crippen LogP contribution in [0, 0.1) is 5.92 Å². The van der Waals surface area contributed by atoms with Crippen molar-refractivity contribution >= 4 is 65.6 Å². The molecule has 12 N–H and O–H groups in total. The average molecular weight is 933 g/mol. The fourth-order valence-electron chi connectivity index (χ4n) is 7.02. The van der Waals surface area contributed by atoms with Crippen LogP contribution in [0.15, 0.2) is 72.8 Å². The van der Waals surface area contributed by atoms with Gasteiger partial charge in [-0.3, -0.25) is 33.6 Å². The lowest BCUT2D eigenvalue weighted by atomic mass is 9.96. The number of benzene rings is 3. The molecule has 0 aromatic heterocycles. The number of carbonyl (C=O) groups excluding carboxylic acids is 7. The van der Waals surface area contributed by atoms with E-state index in [1.54, 1.807) is 38.1 Å². The number of aliphatic carboxylic acids is 1. The number of thiol groups is 1. The molecule has 0 aliphatic carbocycles. The zero-order valence-corrected chi connectivity index (χ0v) is 37.8. The third-order valence-corrected chi connectivity index (χ3v) is 11.5. The molecule has 0 spiro atoms. The Morgan fingerprint density at radius 3 is 1.68 bits per heavy atom. The third-order valence-electron chi connectivity index (χ3n) is 11.1. The molecule has 0 radical (unpaired) electrons. The minimum atomic E-state index is -1.48. The summed E-state index contributed by atoms with van der Waals surface area (Å²) in [5.41, 5.74) is 7.59. The van der Waals surface area contributed by atoms with E-state index >= 15 is 0 Å². The SMILES string of the molecule is CC[C@H](C)C1NC(=O)[C@H](CS)NC(=O)CCC(=O)Nc2ccc(cc2)C[C@@H](C(=O)O)NC(=O)[C@H](Cc2ccc(O)cc2)NC(=O)[C@H](CCCCN)NC(=O)[C@H](Cc2ccc(O)cc2)NC1=O. The van der Waals surface area contributed by atoms with Gasteiger partial charge in [0.25, 0.3) is 0 Å². The fourth-order valence-corrected chi connectivity index (χ4v) is 7.28. The molecule has 0 saturated heterocycles. The van der Waals surface area contributed by atoms with Crippen molar-refractivity contribution in [3.63, 3.8) is 0 Å². The van der Waals surface area contributed by atoms with Gasteiger partial charge in [-0.2, -0.15) is 12.6 Å². The van der Waals surface area contributed by atoms with E-state index in [9.17, 15) is 53.7 Å². The molecule has 7 atom stereocenters. The second-order valence-electron chi connectivity index (χ2n) is 16.2. The lowest BCUT2D eigenvalue weighted by molar-refractivity contribution is -0.142. The first-order valence-electron chi connectivity index (χ1n) is 21.8. The number of carbonyl (C=O) groups is 8. The summed E-state index contributed by atoms with van der Waals surface area (Å²) >= 11 is 4.24. The number of phenolic OH excluding ortho intramolecular Hbond substituents is 2. The zero-order valence-electron chi connectivity index (χ0n) is 36.9. The van der Waals surface area contributed by atoms with Gasteiger partial charge in [-0.15, -0.1) is 0 Å². The summed E-state index contributed by atoms with van der Waals surface area (Å²) in [6, 6.07) is 9.86. The van der Waals surface area contributed by atoms with Crippen molar-refractivity contribution in [1.82, 2.24) is 31.9 Å². The highest BCUT2D eigenvalue weighted by molar-refractivity contribution is 7.80. The standard InChI is InChI=1S/C46H60N8O11S/c1-3-26(2)40-45(63)52-35(23-29-11-17-32(56)18-12-29)42(60)50-33(6-4-5-21-47)41(59)51-34(22-28-9-15-31(55)16-10-28)43(61)53-36(46(64)65)24-27-7-13-30(14-8-27)48-38(57)19-20-39(58)49-37(25-66)44(62)54-40/h7-18,26,33-37,40,55-56,66H,3-6,19-25,47H2,1-2H3,(H,48,57)(H,49,58)(H,50,60)(H,51,59)(H,52,63)(H,53,61)(H,54,62)(H,64,65)/t26-,33-,34-,35-,36-,37-,40?/m0/s1. The minimum Gasteiger partial charge on any atom is -0.508 e. The number of rotatable bonds is 12. The van der Waals surface area contributed by atoms with E-state index in [1.807, 2.05) is 0 Å². The van der Waals surface area contributed by atoms with Gasteiger partial charge in [0, 0.05) is 43.5 Å². The number of hydrogen-bond acceptors (Lipinski definition) is 12. The van der Waals surface area contributed by atoms with Gasteiger partial charge in [0.1, 0.15) is 47.8 Å². The average Bonchev–Trinajstić information content (AvgIpc) is 3.29. The molecule has 3 aromatic rings. The topological polar surface area (TPSA) is 307 Å². The maximum absolute atomic E-state index is 14.4. The monoisotopic (exact) mass is 932 g/mol. The number of carboxylic acid groups (broad SMARTS) is 1. The van der Waals surface area contributed by atoms with Crippen molar-refractivity contribution in [2.45, 2.75) is 108 Å². The van der Waals surface area contributed by atoms with Crippen LogP contribution in [-0.4, -0.2) is 111 Å². The van der Waals surface area contributed by atoms with E-state index in [-0.39, 0.29) is 62.3 Å². The molecule has 0 saturated carbocycles. The summed E-state index contributed by atoms with van der Waals surface area (Å²) in [7, 11) is 0. The van der Waals surface area contributed by atoms with Crippen LogP contribution in [0.5, 0.6) is 11.5 Å². The summed E-state index contributed by atoms with van der Waals surface area (Å²) in [5.74, 6) is -7.28. The Bertz CT molecular complexity index is 2160. The van der Waals surface area contributed by atoms with Crippen LogP contribution in [0.3, 0.4) is 0 Å². The van der Waals surface area contributed by atoms with Crippen molar-refractivity contribution in [2.75, 3.05) is 17.6 Å². The van der Waals surface area contributed by atoms with Crippen molar-refractivity contribution in [1.29, 1.82) is 0 Å². The van der Waals surface area contributed by atoms with Crippen molar-refractivity contribution in [2.24, 2.45) is 11.7 Å². The number of anilines is 1. The van der Waals surface area contributed by atoms with Crippen LogP contribution in [0.1, 0.15) is 69.1 Å². The van der Waals surface area contributed by atoms with Crippen molar-refractivity contribution < 1.29 is 53.7 Å². The smallest absolute Gasteiger partial charge is 0.326 e. The van der Waals surface area contributed by atoms with Crippen LogP contribution < -0.4 is 43.0 Å². The number of amides is 7. The van der Waals surface area contributed by atoms with Crippen LogP contribution in [0.4, 0.5) is 5.69 Å². The largest absolute Gasteiger partial charge is 0.508 e. The Morgan fingerprint density at radius 1 is 0.652 bits per heavy atom. The van der Waals surface area contributed by atoms with Gasteiger partial charge in [-0.1, -0.05) is 56.7 Å².